The maximum atomic E-state index is 14.7. The Bertz CT molecular complexity index is 1440. The predicted molar refractivity (Wildman–Crippen MR) is 149 cm³/mol. The first-order chi connectivity index (χ1) is 19.5. The average molecular weight is 603 g/mol. The fraction of sp³-hybridized carbons (Fsp3) is 0.455. The second-order valence-electron chi connectivity index (χ2n) is 10.3. The lowest BCUT2D eigenvalue weighted by Gasteiger charge is -2.27. The minimum Gasteiger partial charge on any atom is -0.166 e. The zero-order chi connectivity index (χ0) is 31.8. The highest BCUT2D eigenvalue weighted by Gasteiger charge is 2.41. The molecule has 0 saturated carbocycles. The van der Waals surface area contributed by atoms with Gasteiger partial charge < -0.3 is 0 Å². The molecule has 0 atom stereocenters. The van der Waals surface area contributed by atoms with E-state index in [0.717, 1.165) is 18.2 Å². The van der Waals surface area contributed by atoms with Gasteiger partial charge in [-0.15, -0.1) is 0 Å². The standard InChI is InChI=1S/C33H35F9/c1-7-18-13-25(27(32(37,38)39)15-19(18)8-2)30-23(12-6)29(22(11-5)17-28(30)33(40,41)42)24-14-21(10-4)26(31(34,35)36)16-20(24)9-3/h13-17H,7-12H2,1-6H3. The van der Waals surface area contributed by atoms with E-state index >= 15 is 0 Å². The molecule has 0 aromatic heterocycles. The number of hydrogen-bond acceptors (Lipinski definition) is 0. The van der Waals surface area contributed by atoms with Gasteiger partial charge >= 0.3 is 18.5 Å². The van der Waals surface area contributed by atoms with Gasteiger partial charge in [-0.3, -0.25) is 0 Å². The summed E-state index contributed by atoms with van der Waals surface area (Å²) in [6.07, 6.45) is -13.8. The molecule has 42 heavy (non-hydrogen) atoms. The van der Waals surface area contributed by atoms with E-state index in [-0.39, 0.29) is 59.9 Å². The van der Waals surface area contributed by atoms with Gasteiger partial charge in [0.25, 0.3) is 0 Å². The van der Waals surface area contributed by atoms with E-state index in [1.165, 1.54) is 12.1 Å². The molecule has 0 amide bonds. The molecule has 0 N–H and O–H groups in total. The molecule has 0 radical (unpaired) electrons. The number of aryl methyl sites for hydroxylation is 5. The van der Waals surface area contributed by atoms with Crippen LogP contribution in [0.2, 0.25) is 0 Å². The van der Waals surface area contributed by atoms with E-state index in [1.54, 1.807) is 41.5 Å². The molecule has 9 heteroatoms. The molecule has 0 aliphatic rings. The van der Waals surface area contributed by atoms with Gasteiger partial charge in [0.1, 0.15) is 0 Å². The van der Waals surface area contributed by atoms with Crippen molar-refractivity contribution in [1.29, 1.82) is 0 Å². The van der Waals surface area contributed by atoms with Crippen LogP contribution in [0.1, 0.15) is 91.6 Å². The summed E-state index contributed by atoms with van der Waals surface area (Å²) in [5, 5.41) is 0. The molecule has 0 spiro atoms. The highest BCUT2D eigenvalue weighted by molar-refractivity contribution is 5.87. The van der Waals surface area contributed by atoms with Crippen molar-refractivity contribution >= 4 is 0 Å². The topological polar surface area (TPSA) is 0 Å². The molecular formula is C33H35F9. The van der Waals surface area contributed by atoms with Crippen LogP contribution in [0.25, 0.3) is 22.3 Å². The Morgan fingerprint density at radius 1 is 0.381 bits per heavy atom. The fourth-order valence-corrected chi connectivity index (χ4v) is 5.86. The third-order valence-electron chi connectivity index (χ3n) is 7.89. The molecule has 230 valence electrons. The molecule has 0 heterocycles. The van der Waals surface area contributed by atoms with Crippen LogP contribution in [-0.4, -0.2) is 0 Å². The zero-order valence-electron chi connectivity index (χ0n) is 24.5. The Hall–Kier alpha value is -2.97. The summed E-state index contributed by atoms with van der Waals surface area (Å²) in [7, 11) is 0. The van der Waals surface area contributed by atoms with Crippen molar-refractivity contribution in [2.75, 3.05) is 0 Å². The molecule has 0 aliphatic heterocycles. The average Bonchev–Trinajstić information content (AvgIpc) is 2.92. The number of alkyl halides is 9. The summed E-state index contributed by atoms with van der Waals surface area (Å²) in [5.74, 6) is 0. The Kier molecular flexibility index (Phi) is 9.84. The smallest absolute Gasteiger partial charge is 0.166 e. The van der Waals surface area contributed by atoms with Crippen molar-refractivity contribution in [3.8, 4) is 22.3 Å². The van der Waals surface area contributed by atoms with Crippen molar-refractivity contribution < 1.29 is 39.5 Å². The molecule has 0 fully saturated rings. The third kappa shape index (κ3) is 6.35. The maximum absolute atomic E-state index is 14.7. The third-order valence-corrected chi connectivity index (χ3v) is 7.89. The number of halogens is 9. The Balaban J connectivity index is 2.67. The van der Waals surface area contributed by atoms with Gasteiger partial charge in [-0.1, -0.05) is 53.7 Å². The first-order valence-electron chi connectivity index (χ1n) is 14.2. The minimum absolute atomic E-state index is 0.0127. The van der Waals surface area contributed by atoms with Crippen LogP contribution in [0.3, 0.4) is 0 Å². The summed E-state index contributed by atoms with van der Waals surface area (Å²) in [4.78, 5) is 0. The van der Waals surface area contributed by atoms with E-state index in [1.807, 2.05) is 0 Å². The van der Waals surface area contributed by atoms with Crippen LogP contribution in [-0.2, 0) is 57.1 Å². The normalized spacial score (nSPS) is 12.7. The number of rotatable bonds is 8. The number of benzene rings is 3. The van der Waals surface area contributed by atoms with Gasteiger partial charge in [-0.25, -0.2) is 0 Å². The Morgan fingerprint density at radius 2 is 0.786 bits per heavy atom. The monoisotopic (exact) mass is 602 g/mol. The van der Waals surface area contributed by atoms with Crippen molar-refractivity contribution in [2.45, 2.75) is 98.6 Å². The van der Waals surface area contributed by atoms with E-state index in [0.29, 0.717) is 23.1 Å². The number of hydrogen-bond donors (Lipinski definition) is 0. The second kappa shape index (κ2) is 12.3. The first kappa shape index (κ1) is 33.5. The van der Waals surface area contributed by atoms with Crippen LogP contribution in [0.5, 0.6) is 0 Å². The van der Waals surface area contributed by atoms with Crippen molar-refractivity contribution in [2.24, 2.45) is 0 Å². The fourth-order valence-electron chi connectivity index (χ4n) is 5.86. The van der Waals surface area contributed by atoms with Crippen LogP contribution >= 0.6 is 0 Å². The van der Waals surface area contributed by atoms with Crippen molar-refractivity contribution in [3.05, 3.63) is 80.4 Å². The minimum atomic E-state index is -4.98. The second-order valence-corrected chi connectivity index (χ2v) is 10.3. The highest BCUT2D eigenvalue weighted by atomic mass is 19.4. The van der Waals surface area contributed by atoms with Gasteiger partial charge in [0.2, 0.25) is 0 Å². The highest BCUT2D eigenvalue weighted by Crippen LogP contribution is 2.50. The predicted octanol–water partition coefficient (Wildman–Crippen LogP) is 11.5. The van der Waals surface area contributed by atoms with Crippen LogP contribution in [0.15, 0.2) is 30.3 Å². The lowest BCUT2D eigenvalue weighted by molar-refractivity contribution is -0.139. The molecule has 0 bridgehead atoms. The lowest BCUT2D eigenvalue weighted by Crippen LogP contribution is -2.16. The van der Waals surface area contributed by atoms with Crippen LogP contribution < -0.4 is 0 Å². The molecular weight excluding hydrogens is 567 g/mol. The van der Waals surface area contributed by atoms with E-state index in [2.05, 4.69) is 0 Å². The summed E-state index contributed by atoms with van der Waals surface area (Å²) >= 11 is 0. The maximum Gasteiger partial charge on any atom is 0.417 e. The van der Waals surface area contributed by atoms with E-state index in [9.17, 15) is 39.5 Å². The molecule has 3 aromatic rings. The molecule has 0 saturated heterocycles. The molecule has 0 aliphatic carbocycles. The van der Waals surface area contributed by atoms with Crippen LogP contribution in [0, 0.1) is 0 Å². The SMILES string of the molecule is CCc1cc(-c2c(C(F)(F)F)cc(CC)c(-c3cc(CC)c(C(F)(F)F)cc3CC)c2CC)c(C(F)(F)F)cc1CC. The van der Waals surface area contributed by atoms with Gasteiger partial charge in [0.05, 0.1) is 16.7 Å². The molecule has 0 nitrogen and oxygen atoms in total. The summed E-state index contributed by atoms with van der Waals surface area (Å²) in [6, 6.07) is 5.41. The zero-order valence-corrected chi connectivity index (χ0v) is 24.5. The molecule has 0 unspecified atom stereocenters. The first-order valence-corrected chi connectivity index (χ1v) is 14.2. The van der Waals surface area contributed by atoms with Crippen molar-refractivity contribution in [1.82, 2.24) is 0 Å². The quantitative estimate of drug-likeness (QED) is 0.225. The van der Waals surface area contributed by atoms with Gasteiger partial charge in [0.15, 0.2) is 0 Å². The van der Waals surface area contributed by atoms with E-state index in [4.69, 9.17) is 0 Å². The van der Waals surface area contributed by atoms with Gasteiger partial charge in [-0.2, -0.15) is 39.5 Å². The van der Waals surface area contributed by atoms with Crippen LogP contribution in [0.4, 0.5) is 39.5 Å². The Labute approximate surface area is 241 Å². The summed E-state index contributed by atoms with van der Waals surface area (Å²) in [6.45, 7) is 9.80. The molecule has 3 rings (SSSR count). The summed E-state index contributed by atoms with van der Waals surface area (Å²) in [5.41, 5.74) is -2.32. The Morgan fingerprint density at radius 3 is 1.21 bits per heavy atom. The van der Waals surface area contributed by atoms with Crippen molar-refractivity contribution in [3.63, 3.8) is 0 Å². The van der Waals surface area contributed by atoms with Gasteiger partial charge in [0, 0.05) is 0 Å². The molecule has 3 aromatic carbocycles. The summed E-state index contributed by atoms with van der Waals surface area (Å²) < 4.78 is 129. The van der Waals surface area contributed by atoms with E-state index < -0.39 is 46.3 Å². The lowest BCUT2D eigenvalue weighted by atomic mass is 9.78. The largest absolute Gasteiger partial charge is 0.417 e. The van der Waals surface area contributed by atoms with Gasteiger partial charge in [-0.05, 0) is 112 Å².